The molecule has 2 aliphatic heterocycles. The minimum Gasteiger partial charge on any atom is -0.346 e. The molecule has 53 heavy (non-hydrogen) atoms. The molecular formula is C40H64N6O7. The molecule has 4 fully saturated rings. The molecule has 1 spiro atoms. The summed E-state index contributed by atoms with van der Waals surface area (Å²) in [4.78, 5) is 97.7. The molecule has 13 heteroatoms. The monoisotopic (exact) mass is 740 g/mol. The zero-order valence-corrected chi connectivity index (χ0v) is 33.3. The van der Waals surface area contributed by atoms with Gasteiger partial charge < -0.3 is 26.2 Å². The Hall–Kier alpha value is -3.77. The van der Waals surface area contributed by atoms with Crippen LogP contribution in [0, 0.1) is 34.0 Å². The lowest BCUT2D eigenvalue weighted by molar-refractivity contribution is -0.154. The maximum atomic E-state index is 14.5. The van der Waals surface area contributed by atoms with Crippen LogP contribution in [0.2, 0.25) is 0 Å². The molecule has 7 amide bonds. The van der Waals surface area contributed by atoms with Crippen LogP contribution in [0.1, 0.15) is 120 Å². The van der Waals surface area contributed by atoms with Crippen LogP contribution in [0.25, 0.3) is 0 Å². The van der Waals surface area contributed by atoms with Crippen molar-refractivity contribution in [3.05, 3.63) is 12.7 Å². The highest BCUT2D eigenvalue weighted by molar-refractivity contribution is 6.38. The van der Waals surface area contributed by atoms with Crippen molar-refractivity contribution in [2.75, 3.05) is 19.6 Å². The number of nitrogens with zero attached hydrogens (tertiary/aromatic N) is 2. The first-order chi connectivity index (χ1) is 24.7. The lowest BCUT2D eigenvalue weighted by Crippen LogP contribution is -2.63. The third-order valence-corrected chi connectivity index (χ3v) is 11.8. The first-order valence-electron chi connectivity index (χ1n) is 19.6. The molecule has 1 unspecified atom stereocenters. The largest absolute Gasteiger partial charge is 0.346 e. The summed E-state index contributed by atoms with van der Waals surface area (Å²) in [5.74, 6) is -2.82. The smallest absolute Gasteiger partial charge is 0.315 e. The third-order valence-electron chi connectivity index (χ3n) is 11.8. The Labute approximate surface area is 315 Å². The molecule has 13 nitrogen and oxygen atoms in total. The quantitative estimate of drug-likeness (QED) is 0.119. The van der Waals surface area contributed by atoms with Gasteiger partial charge in [0.05, 0.1) is 12.1 Å². The number of carbonyl (C=O) groups excluding carboxylic acids is 7. The summed E-state index contributed by atoms with van der Waals surface area (Å²) >= 11 is 0. The second-order valence-electron chi connectivity index (χ2n) is 18.6. The summed E-state index contributed by atoms with van der Waals surface area (Å²) in [5.41, 5.74) is -1.55. The molecule has 4 aliphatic rings. The fourth-order valence-electron chi connectivity index (χ4n) is 8.26. The fraction of sp³-hybridized carbons (Fsp3) is 0.775. The van der Waals surface area contributed by atoms with E-state index in [0.29, 0.717) is 25.7 Å². The number of hydrogen-bond donors (Lipinski definition) is 4. The molecule has 0 aromatic rings. The van der Waals surface area contributed by atoms with Crippen LogP contribution >= 0.6 is 0 Å². The third kappa shape index (κ3) is 10.5. The van der Waals surface area contributed by atoms with E-state index >= 15 is 0 Å². The van der Waals surface area contributed by atoms with E-state index in [4.69, 9.17) is 0 Å². The predicted molar refractivity (Wildman–Crippen MR) is 201 cm³/mol. The van der Waals surface area contributed by atoms with Crippen LogP contribution in [0.15, 0.2) is 12.7 Å². The molecule has 0 radical (unpaired) electrons. The van der Waals surface area contributed by atoms with E-state index in [1.807, 2.05) is 55.4 Å². The van der Waals surface area contributed by atoms with Crippen molar-refractivity contribution < 1.29 is 33.6 Å². The van der Waals surface area contributed by atoms with Crippen LogP contribution in [-0.2, 0) is 28.8 Å². The minimum absolute atomic E-state index is 0.0234. The maximum Gasteiger partial charge on any atom is 0.315 e. The van der Waals surface area contributed by atoms with Crippen LogP contribution < -0.4 is 21.3 Å². The van der Waals surface area contributed by atoms with Gasteiger partial charge in [0.15, 0.2) is 0 Å². The molecule has 2 saturated heterocycles. The zero-order chi connectivity index (χ0) is 39.5. The van der Waals surface area contributed by atoms with Gasteiger partial charge in [0.1, 0.15) is 12.1 Å². The van der Waals surface area contributed by atoms with Crippen molar-refractivity contribution in [2.24, 2.45) is 34.0 Å². The fourth-order valence-corrected chi connectivity index (χ4v) is 8.26. The molecule has 4 rings (SSSR count). The Morgan fingerprint density at radius 3 is 2.00 bits per heavy atom. The van der Waals surface area contributed by atoms with E-state index in [0.717, 1.165) is 38.5 Å². The van der Waals surface area contributed by atoms with Gasteiger partial charge in [0.25, 0.3) is 5.91 Å². The second-order valence-corrected chi connectivity index (χ2v) is 18.6. The Morgan fingerprint density at radius 1 is 0.887 bits per heavy atom. The van der Waals surface area contributed by atoms with Gasteiger partial charge in [0.2, 0.25) is 29.4 Å². The molecule has 2 heterocycles. The SMILES string of the molecule is C=CCNC(=O)C(=O)C(CC1CC1)NC(=O)[C@@H]1[C@@H](C(C)C)CCN1C(=O)[C@@H](NC(=O)N[C@H](CN1C(=O)CC2(CCCC2)CC1=O)C(C)(C)C)C(C)(C)C. The number of nitrogens with one attached hydrogen (secondary N) is 4. The molecular weight excluding hydrogens is 676 g/mol. The zero-order valence-electron chi connectivity index (χ0n) is 33.3. The number of piperidine rings is 1. The van der Waals surface area contributed by atoms with Crippen molar-refractivity contribution in [3.63, 3.8) is 0 Å². The van der Waals surface area contributed by atoms with Gasteiger partial charge in [-0.3, -0.25) is 33.7 Å². The van der Waals surface area contributed by atoms with Gasteiger partial charge in [-0.1, -0.05) is 87.1 Å². The lowest BCUT2D eigenvalue weighted by atomic mass is 9.76. The number of likely N-dealkylation sites (tertiary alicyclic amines) is 2. The average molecular weight is 741 g/mol. The molecule has 0 aromatic carbocycles. The van der Waals surface area contributed by atoms with Crippen molar-refractivity contribution >= 4 is 41.4 Å². The molecule has 0 bridgehead atoms. The van der Waals surface area contributed by atoms with E-state index in [9.17, 15) is 33.6 Å². The second kappa shape index (κ2) is 16.7. The summed E-state index contributed by atoms with van der Waals surface area (Å²) in [6, 6.07) is -4.21. The molecule has 4 N–H and O–H groups in total. The highest BCUT2D eigenvalue weighted by Gasteiger charge is 2.49. The van der Waals surface area contributed by atoms with E-state index in [2.05, 4.69) is 27.8 Å². The molecule has 0 aromatic heterocycles. The number of Topliss-reactive ketones (excluding diaryl/α,β-unsaturated/α-hetero) is 1. The van der Waals surface area contributed by atoms with Crippen molar-refractivity contribution in [2.45, 2.75) is 144 Å². The van der Waals surface area contributed by atoms with Gasteiger partial charge in [-0.2, -0.15) is 0 Å². The number of ketones is 1. The van der Waals surface area contributed by atoms with Crippen molar-refractivity contribution in [1.82, 2.24) is 31.1 Å². The average Bonchev–Trinajstić information content (AvgIpc) is 3.57. The van der Waals surface area contributed by atoms with Gasteiger partial charge in [-0.15, -0.1) is 6.58 Å². The standard InChI is InChI=1S/C40H64N6O7/c1-10-18-41-35(51)32(49)27(20-25-13-14-25)42-34(50)31-26(24(2)3)15-19-45(31)36(52)33(39(7,8)9)44-37(53)43-28(38(4,5)6)23-46-29(47)21-40(22-30(46)48)16-11-12-17-40/h10,24-28,31,33H,1,11-23H2,2-9H3,(H,41,51)(H,42,50)(H2,43,44,53)/t26-,27?,28-,31+,33-/m1/s1. The van der Waals surface area contributed by atoms with E-state index in [-0.39, 0.29) is 54.6 Å². The number of rotatable bonds is 14. The Morgan fingerprint density at radius 2 is 1.49 bits per heavy atom. The van der Waals surface area contributed by atoms with Crippen molar-refractivity contribution in [1.29, 1.82) is 0 Å². The molecule has 2 aliphatic carbocycles. The van der Waals surface area contributed by atoms with Crippen molar-refractivity contribution in [3.8, 4) is 0 Å². The van der Waals surface area contributed by atoms with E-state index in [1.54, 1.807) is 0 Å². The van der Waals surface area contributed by atoms with Crippen LogP contribution in [0.5, 0.6) is 0 Å². The topological polar surface area (TPSA) is 174 Å². The summed E-state index contributed by atoms with van der Waals surface area (Å²) < 4.78 is 0. The van der Waals surface area contributed by atoms with E-state index in [1.165, 1.54) is 15.9 Å². The summed E-state index contributed by atoms with van der Waals surface area (Å²) in [5, 5.41) is 11.2. The first kappa shape index (κ1) is 42.0. The summed E-state index contributed by atoms with van der Waals surface area (Å²) in [6.45, 7) is 19.2. The minimum atomic E-state index is -1.04. The maximum absolute atomic E-state index is 14.5. The number of carbonyl (C=O) groups is 7. The number of amides is 7. The summed E-state index contributed by atoms with van der Waals surface area (Å²) in [6.07, 6.45) is 8.69. The van der Waals surface area contributed by atoms with Crippen LogP contribution in [0.3, 0.4) is 0 Å². The normalized spacial score (nSPS) is 23.4. The predicted octanol–water partition coefficient (Wildman–Crippen LogP) is 3.85. The van der Waals surface area contributed by atoms with E-state index < -0.39 is 64.5 Å². The first-order valence-corrected chi connectivity index (χ1v) is 19.6. The van der Waals surface area contributed by atoms with Gasteiger partial charge >= 0.3 is 6.03 Å². The highest BCUT2D eigenvalue weighted by Crippen LogP contribution is 2.47. The van der Waals surface area contributed by atoms with Gasteiger partial charge in [0, 0.05) is 32.5 Å². The van der Waals surface area contributed by atoms with Crippen LogP contribution in [0.4, 0.5) is 4.79 Å². The summed E-state index contributed by atoms with van der Waals surface area (Å²) in [7, 11) is 0. The Kier molecular flexibility index (Phi) is 13.2. The number of urea groups is 1. The molecule has 296 valence electrons. The number of imide groups is 1. The van der Waals surface area contributed by atoms with Gasteiger partial charge in [-0.25, -0.2) is 4.79 Å². The Bertz CT molecular complexity index is 1420. The molecule has 2 saturated carbocycles. The van der Waals surface area contributed by atoms with Gasteiger partial charge in [-0.05, 0) is 59.7 Å². The molecule has 5 atom stereocenters. The van der Waals surface area contributed by atoms with Crippen LogP contribution in [-0.4, -0.2) is 95.0 Å². The Balaban J connectivity index is 1.50. The lowest BCUT2D eigenvalue weighted by Gasteiger charge is -2.41. The highest BCUT2D eigenvalue weighted by atomic mass is 16.2. The number of hydrogen-bond acceptors (Lipinski definition) is 7.